The van der Waals surface area contributed by atoms with Gasteiger partial charge < -0.3 is 9.30 Å². The van der Waals surface area contributed by atoms with Crippen LogP contribution in [-0.2, 0) is 11.3 Å². The van der Waals surface area contributed by atoms with Crippen LogP contribution in [0.2, 0.25) is 0 Å². The molecule has 1 atom stereocenters. The number of esters is 1. The van der Waals surface area contributed by atoms with Gasteiger partial charge in [0.1, 0.15) is 0 Å². The van der Waals surface area contributed by atoms with Gasteiger partial charge in [-0.2, -0.15) is 23.5 Å². The van der Waals surface area contributed by atoms with Crippen LogP contribution in [-0.4, -0.2) is 39.7 Å². The number of pyridine rings is 1. The molecule has 0 saturated carbocycles. The van der Waals surface area contributed by atoms with Gasteiger partial charge in [-0.1, -0.05) is 0 Å². The number of aromatic nitrogens is 1. The van der Waals surface area contributed by atoms with Gasteiger partial charge in [-0.15, -0.1) is 0 Å². The Bertz CT molecular complexity index is 577. The topological polar surface area (TPSA) is 48.3 Å². The molecule has 1 saturated heterocycles. The number of ether oxygens (including phenoxy) is 1. The van der Waals surface area contributed by atoms with Gasteiger partial charge >= 0.3 is 5.97 Å². The summed E-state index contributed by atoms with van der Waals surface area (Å²) in [6.45, 7) is 6.41. The zero-order valence-corrected chi connectivity index (χ0v) is 14.3. The summed E-state index contributed by atoms with van der Waals surface area (Å²) < 4.78 is 6.84. The van der Waals surface area contributed by atoms with Crippen molar-refractivity contribution in [3.63, 3.8) is 0 Å². The molecule has 2 rings (SSSR count). The van der Waals surface area contributed by atoms with Crippen LogP contribution in [0.3, 0.4) is 0 Å². The summed E-state index contributed by atoms with van der Waals surface area (Å²) in [5.41, 5.74) is 1.91. The second kappa shape index (κ2) is 7.40. The molecule has 0 amide bonds. The molecule has 1 aromatic rings. The maximum Gasteiger partial charge on any atom is 0.340 e. The molecule has 116 valence electrons. The molecule has 0 spiro atoms. The van der Waals surface area contributed by atoms with Crippen molar-refractivity contribution >= 4 is 29.5 Å². The van der Waals surface area contributed by atoms with Crippen LogP contribution in [0, 0.1) is 13.8 Å². The first kappa shape index (κ1) is 16.5. The van der Waals surface area contributed by atoms with Crippen LogP contribution in [0.15, 0.2) is 10.9 Å². The molecule has 1 aliphatic heterocycles. The van der Waals surface area contributed by atoms with Crippen molar-refractivity contribution in [2.45, 2.75) is 32.6 Å². The van der Waals surface area contributed by atoms with E-state index >= 15 is 0 Å². The standard InChI is InChI=1S/C15H21NO3S2/c1-4-19-15(18)14-10(2)7-13(17)16(11(14)3)8-12-9-20-5-6-21-12/h7,12H,4-6,8-9H2,1-3H3. The molecule has 0 N–H and O–H groups in total. The third-order valence-corrected chi connectivity index (χ3v) is 6.35. The molecule has 0 aliphatic carbocycles. The highest BCUT2D eigenvalue weighted by Crippen LogP contribution is 2.25. The summed E-state index contributed by atoms with van der Waals surface area (Å²) in [7, 11) is 0. The molecular formula is C15H21NO3S2. The number of thioether (sulfide) groups is 2. The average molecular weight is 327 g/mol. The molecule has 1 aliphatic rings. The SMILES string of the molecule is CCOC(=O)c1c(C)cc(=O)n(CC2CSCCS2)c1C. The molecule has 21 heavy (non-hydrogen) atoms. The Morgan fingerprint density at radius 2 is 2.19 bits per heavy atom. The van der Waals surface area contributed by atoms with Gasteiger partial charge in [-0.25, -0.2) is 4.79 Å². The van der Waals surface area contributed by atoms with Crippen molar-refractivity contribution in [2.24, 2.45) is 0 Å². The Morgan fingerprint density at radius 3 is 2.81 bits per heavy atom. The third-order valence-electron chi connectivity index (χ3n) is 3.52. The predicted molar refractivity (Wildman–Crippen MR) is 89.7 cm³/mol. The lowest BCUT2D eigenvalue weighted by Crippen LogP contribution is -2.31. The van der Waals surface area contributed by atoms with E-state index < -0.39 is 0 Å². The van der Waals surface area contributed by atoms with Gasteiger partial charge in [-0.05, 0) is 26.3 Å². The van der Waals surface area contributed by atoms with E-state index in [1.807, 2.05) is 30.4 Å². The zero-order valence-electron chi connectivity index (χ0n) is 12.7. The van der Waals surface area contributed by atoms with E-state index in [1.54, 1.807) is 24.5 Å². The van der Waals surface area contributed by atoms with Crippen molar-refractivity contribution in [3.05, 3.63) is 33.2 Å². The molecule has 0 bridgehead atoms. The monoisotopic (exact) mass is 327 g/mol. The smallest absolute Gasteiger partial charge is 0.340 e. The first-order chi connectivity index (χ1) is 10.0. The second-order valence-corrected chi connectivity index (χ2v) is 7.58. The van der Waals surface area contributed by atoms with Crippen LogP contribution in [0.4, 0.5) is 0 Å². The Labute approximate surface area is 133 Å². The van der Waals surface area contributed by atoms with Gasteiger partial charge in [0.15, 0.2) is 0 Å². The largest absolute Gasteiger partial charge is 0.462 e. The quantitative estimate of drug-likeness (QED) is 0.795. The molecule has 1 unspecified atom stereocenters. The second-order valence-electron chi connectivity index (χ2n) is 5.02. The minimum atomic E-state index is -0.341. The number of hydrogen-bond donors (Lipinski definition) is 0. The summed E-state index contributed by atoms with van der Waals surface area (Å²) in [6.07, 6.45) is 0. The maximum absolute atomic E-state index is 12.3. The van der Waals surface area contributed by atoms with Gasteiger partial charge in [0.2, 0.25) is 0 Å². The number of carbonyl (C=O) groups excluding carboxylic acids is 1. The summed E-state index contributed by atoms with van der Waals surface area (Å²) in [6, 6.07) is 1.54. The first-order valence-electron chi connectivity index (χ1n) is 7.12. The minimum absolute atomic E-state index is 0.0331. The van der Waals surface area contributed by atoms with Crippen molar-refractivity contribution in [1.82, 2.24) is 4.57 Å². The summed E-state index contributed by atoms with van der Waals surface area (Å²) in [5.74, 6) is 3.02. The van der Waals surface area contributed by atoms with Crippen molar-refractivity contribution in [3.8, 4) is 0 Å². The summed E-state index contributed by atoms with van der Waals surface area (Å²) in [4.78, 5) is 24.4. The van der Waals surface area contributed by atoms with Crippen LogP contribution >= 0.6 is 23.5 Å². The Morgan fingerprint density at radius 1 is 1.43 bits per heavy atom. The molecular weight excluding hydrogens is 306 g/mol. The van der Waals surface area contributed by atoms with E-state index in [-0.39, 0.29) is 11.5 Å². The summed E-state index contributed by atoms with van der Waals surface area (Å²) in [5, 5.41) is 0.429. The van der Waals surface area contributed by atoms with Gasteiger partial charge in [-0.3, -0.25) is 4.79 Å². The minimum Gasteiger partial charge on any atom is -0.462 e. The zero-order chi connectivity index (χ0) is 15.4. The summed E-state index contributed by atoms with van der Waals surface area (Å²) >= 11 is 3.84. The Balaban J connectivity index is 2.34. The maximum atomic E-state index is 12.3. The fourth-order valence-electron chi connectivity index (χ4n) is 2.51. The lowest BCUT2D eigenvalue weighted by molar-refractivity contribution is 0.0523. The van der Waals surface area contributed by atoms with Crippen LogP contribution in [0.25, 0.3) is 0 Å². The van der Waals surface area contributed by atoms with E-state index in [1.165, 1.54) is 5.75 Å². The highest BCUT2D eigenvalue weighted by Gasteiger charge is 2.21. The number of hydrogen-bond acceptors (Lipinski definition) is 5. The van der Waals surface area contributed by atoms with E-state index in [2.05, 4.69) is 0 Å². The van der Waals surface area contributed by atoms with Crippen molar-refractivity contribution < 1.29 is 9.53 Å². The number of rotatable bonds is 4. The highest BCUT2D eigenvalue weighted by atomic mass is 32.2. The fourth-order valence-corrected chi connectivity index (χ4v) is 5.16. The van der Waals surface area contributed by atoms with Crippen molar-refractivity contribution in [1.29, 1.82) is 0 Å². The van der Waals surface area contributed by atoms with Gasteiger partial charge in [0.05, 0.1) is 12.2 Å². The van der Waals surface area contributed by atoms with E-state index in [0.29, 0.717) is 29.5 Å². The fraction of sp³-hybridized carbons (Fsp3) is 0.600. The molecule has 6 heteroatoms. The Kier molecular flexibility index (Phi) is 5.81. The van der Waals surface area contributed by atoms with E-state index in [9.17, 15) is 9.59 Å². The Hall–Kier alpha value is -0.880. The number of aryl methyl sites for hydroxylation is 1. The third kappa shape index (κ3) is 3.86. The molecule has 1 aromatic heterocycles. The van der Waals surface area contributed by atoms with Crippen molar-refractivity contribution in [2.75, 3.05) is 23.9 Å². The predicted octanol–water partition coefficient (Wildman–Crippen LogP) is 2.49. The molecule has 0 aromatic carbocycles. The highest BCUT2D eigenvalue weighted by molar-refractivity contribution is 8.06. The molecule has 0 radical (unpaired) electrons. The van der Waals surface area contributed by atoms with E-state index in [0.717, 1.165) is 17.2 Å². The van der Waals surface area contributed by atoms with Crippen LogP contribution in [0.1, 0.15) is 28.5 Å². The first-order valence-corrected chi connectivity index (χ1v) is 9.32. The van der Waals surface area contributed by atoms with Crippen LogP contribution in [0.5, 0.6) is 0 Å². The molecule has 4 nitrogen and oxygen atoms in total. The van der Waals surface area contributed by atoms with Crippen LogP contribution < -0.4 is 5.56 Å². The number of nitrogens with zero attached hydrogens (tertiary/aromatic N) is 1. The van der Waals surface area contributed by atoms with Gasteiger partial charge in [0.25, 0.3) is 5.56 Å². The molecule has 1 fully saturated rings. The lowest BCUT2D eigenvalue weighted by Gasteiger charge is -2.23. The van der Waals surface area contributed by atoms with E-state index in [4.69, 9.17) is 4.74 Å². The molecule has 2 heterocycles. The average Bonchev–Trinajstić information content (AvgIpc) is 2.44. The number of carbonyl (C=O) groups is 1. The normalized spacial score (nSPS) is 18.5. The van der Waals surface area contributed by atoms with Gasteiger partial charge in [0, 0.05) is 40.8 Å². The lowest BCUT2D eigenvalue weighted by atomic mass is 10.1.